The molecule has 7 heteroatoms. The van der Waals surface area contributed by atoms with E-state index in [0.717, 1.165) is 0 Å². The first-order chi connectivity index (χ1) is 15.5. The predicted octanol–water partition coefficient (Wildman–Crippen LogP) is 6.09. The van der Waals surface area contributed by atoms with Crippen molar-refractivity contribution >= 4 is 44.3 Å². The van der Waals surface area contributed by atoms with Gasteiger partial charge in [-0.2, -0.15) is 0 Å². The van der Waals surface area contributed by atoms with Crippen molar-refractivity contribution in [3.63, 3.8) is 0 Å². The Labute approximate surface area is 193 Å². The number of rotatable bonds is 7. The lowest BCUT2D eigenvalue weighted by Crippen LogP contribution is -2.14. The maximum absolute atomic E-state index is 13.3. The molecule has 162 valence electrons. The summed E-state index contributed by atoms with van der Waals surface area (Å²) >= 11 is 3.40. The van der Waals surface area contributed by atoms with Gasteiger partial charge in [0.05, 0.1) is 23.9 Å². The predicted molar refractivity (Wildman–Crippen MR) is 126 cm³/mol. The van der Waals surface area contributed by atoms with Crippen molar-refractivity contribution in [2.24, 2.45) is 0 Å². The maximum atomic E-state index is 13.3. The van der Waals surface area contributed by atoms with E-state index in [2.05, 4.69) is 21.2 Å². The number of ketones is 1. The molecule has 4 rings (SSSR count). The second kappa shape index (κ2) is 9.28. The van der Waals surface area contributed by atoms with Crippen LogP contribution < -0.4 is 14.8 Å². The number of ether oxygens (including phenoxy) is 2. The zero-order valence-electron chi connectivity index (χ0n) is 17.5. The Bertz CT molecular complexity index is 1310. The molecule has 0 aliphatic rings. The number of halogens is 1. The highest BCUT2D eigenvalue weighted by Crippen LogP contribution is 2.34. The van der Waals surface area contributed by atoms with Crippen LogP contribution in [0.2, 0.25) is 0 Å². The fourth-order valence-corrected chi connectivity index (χ4v) is 3.89. The summed E-state index contributed by atoms with van der Waals surface area (Å²) in [5.41, 5.74) is 1.63. The normalized spacial score (nSPS) is 10.7. The minimum Gasteiger partial charge on any atom is -0.496 e. The lowest BCUT2D eigenvalue weighted by Gasteiger charge is -2.09. The van der Waals surface area contributed by atoms with Crippen LogP contribution in [-0.2, 0) is 0 Å². The number of methoxy groups -OCH3 is 1. The molecule has 0 unspecified atom stereocenters. The topological polar surface area (TPSA) is 77.8 Å². The fourth-order valence-electron chi connectivity index (χ4n) is 3.35. The van der Waals surface area contributed by atoms with E-state index in [9.17, 15) is 9.59 Å². The summed E-state index contributed by atoms with van der Waals surface area (Å²) in [5.74, 6) is 0.522. The Hall–Kier alpha value is -3.58. The number of hydrogen-bond donors (Lipinski definition) is 1. The Morgan fingerprint density at radius 1 is 1.00 bits per heavy atom. The highest BCUT2D eigenvalue weighted by Gasteiger charge is 2.24. The maximum Gasteiger partial charge on any atom is 0.255 e. The standard InChI is InChI=1S/C25H20BrNO5/c1-3-31-17-8-6-7-16(13-17)25(29)27-22-18-9-4-5-10-20(18)32-24(22)23(28)15-11-12-21(30-2)19(26)14-15/h4-14H,3H2,1-2H3,(H,27,29). The molecule has 1 N–H and O–H groups in total. The Balaban J connectivity index is 1.74. The second-order valence-corrected chi connectivity index (χ2v) is 7.75. The first-order valence-corrected chi connectivity index (χ1v) is 10.7. The van der Waals surface area contributed by atoms with Crippen LogP contribution in [0.1, 0.15) is 33.4 Å². The third kappa shape index (κ3) is 4.24. The molecule has 4 aromatic rings. The number of carbonyl (C=O) groups is 2. The zero-order valence-corrected chi connectivity index (χ0v) is 19.1. The van der Waals surface area contributed by atoms with E-state index >= 15 is 0 Å². The highest BCUT2D eigenvalue weighted by atomic mass is 79.9. The van der Waals surface area contributed by atoms with Gasteiger partial charge in [0.2, 0.25) is 5.78 Å². The summed E-state index contributed by atoms with van der Waals surface area (Å²) in [6.45, 7) is 2.37. The van der Waals surface area contributed by atoms with Crippen LogP contribution in [0.4, 0.5) is 5.69 Å². The minimum atomic E-state index is -0.372. The average molecular weight is 494 g/mol. The van der Waals surface area contributed by atoms with Crippen molar-refractivity contribution in [2.45, 2.75) is 6.92 Å². The Morgan fingerprint density at radius 3 is 2.56 bits per heavy atom. The average Bonchev–Trinajstić information content (AvgIpc) is 3.17. The smallest absolute Gasteiger partial charge is 0.255 e. The molecule has 0 bridgehead atoms. The molecule has 0 atom stereocenters. The van der Waals surface area contributed by atoms with Crippen molar-refractivity contribution in [1.29, 1.82) is 0 Å². The van der Waals surface area contributed by atoms with Crippen LogP contribution in [-0.4, -0.2) is 25.4 Å². The molecule has 0 saturated heterocycles. The molecule has 0 spiro atoms. The van der Waals surface area contributed by atoms with Gasteiger partial charge in [-0.05, 0) is 71.4 Å². The largest absolute Gasteiger partial charge is 0.496 e. The van der Waals surface area contributed by atoms with Crippen LogP contribution >= 0.6 is 15.9 Å². The van der Waals surface area contributed by atoms with Crippen molar-refractivity contribution in [3.8, 4) is 11.5 Å². The van der Waals surface area contributed by atoms with E-state index in [1.807, 2.05) is 13.0 Å². The highest BCUT2D eigenvalue weighted by molar-refractivity contribution is 9.10. The van der Waals surface area contributed by atoms with Crippen LogP contribution in [0.15, 0.2) is 75.6 Å². The number of amides is 1. The number of para-hydroxylation sites is 1. The summed E-state index contributed by atoms with van der Waals surface area (Å²) < 4.78 is 17.2. The quantitative estimate of drug-likeness (QED) is 0.315. The Kier molecular flexibility index (Phi) is 6.28. The van der Waals surface area contributed by atoms with E-state index in [1.54, 1.807) is 67.8 Å². The number of benzene rings is 3. The number of hydrogen-bond acceptors (Lipinski definition) is 5. The molecule has 32 heavy (non-hydrogen) atoms. The Morgan fingerprint density at radius 2 is 1.81 bits per heavy atom. The van der Waals surface area contributed by atoms with Gasteiger partial charge in [-0.1, -0.05) is 18.2 Å². The van der Waals surface area contributed by atoms with E-state index in [4.69, 9.17) is 13.9 Å². The molecule has 0 aliphatic heterocycles. The van der Waals surface area contributed by atoms with E-state index < -0.39 is 0 Å². The summed E-state index contributed by atoms with van der Waals surface area (Å²) in [5, 5.41) is 3.50. The molecular formula is C25H20BrNO5. The first-order valence-electron chi connectivity index (χ1n) is 9.95. The van der Waals surface area contributed by atoms with Crippen LogP contribution in [0, 0.1) is 0 Å². The SMILES string of the molecule is CCOc1cccc(C(=O)Nc2c(C(=O)c3ccc(OC)c(Br)c3)oc3ccccc23)c1. The lowest BCUT2D eigenvalue weighted by molar-refractivity contribution is 0.101. The third-order valence-electron chi connectivity index (χ3n) is 4.86. The van der Waals surface area contributed by atoms with Gasteiger partial charge >= 0.3 is 0 Å². The monoisotopic (exact) mass is 493 g/mol. The van der Waals surface area contributed by atoms with Crippen LogP contribution in [0.3, 0.4) is 0 Å². The summed E-state index contributed by atoms with van der Waals surface area (Å²) in [6, 6.07) is 19.0. The molecule has 1 heterocycles. The molecule has 3 aromatic carbocycles. The van der Waals surface area contributed by atoms with E-state index in [0.29, 0.717) is 50.4 Å². The van der Waals surface area contributed by atoms with Crippen molar-refractivity contribution in [1.82, 2.24) is 0 Å². The lowest BCUT2D eigenvalue weighted by atomic mass is 10.1. The summed E-state index contributed by atoms with van der Waals surface area (Å²) in [6.07, 6.45) is 0. The van der Waals surface area contributed by atoms with Gasteiger partial charge in [0.25, 0.3) is 5.91 Å². The van der Waals surface area contributed by atoms with Gasteiger partial charge in [-0.15, -0.1) is 0 Å². The minimum absolute atomic E-state index is 0.0533. The summed E-state index contributed by atoms with van der Waals surface area (Å²) in [7, 11) is 1.55. The van der Waals surface area contributed by atoms with Crippen molar-refractivity contribution in [2.75, 3.05) is 19.0 Å². The van der Waals surface area contributed by atoms with Crippen LogP contribution in [0.5, 0.6) is 11.5 Å². The fraction of sp³-hybridized carbons (Fsp3) is 0.120. The molecule has 1 amide bonds. The number of fused-ring (bicyclic) bond motifs is 1. The number of furan rings is 1. The van der Waals surface area contributed by atoms with E-state index in [1.165, 1.54) is 0 Å². The van der Waals surface area contributed by atoms with Gasteiger partial charge < -0.3 is 19.2 Å². The first kappa shape index (κ1) is 21.6. The molecule has 0 fully saturated rings. The third-order valence-corrected chi connectivity index (χ3v) is 5.48. The number of anilines is 1. The number of carbonyl (C=O) groups excluding carboxylic acids is 2. The molecule has 0 aliphatic carbocycles. The van der Waals surface area contributed by atoms with Gasteiger partial charge in [0.1, 0.15) is 17.1 Å². The second-order valence-electron chi connectivity index (χ2n) is 6.90. The van der Waals surface area contributed by atoms with Gasteiger partial charge in [-0.3, -0.25) is 9.59 Å². The zero-order chi connectivity index (χ0) is 22.7. The molecule has 1 aromatic heterocycles. The molecule has 0 saturated carbocycles. The van der Waals surface area contributed by atoms with Gasteiger partial charge in [-0.25, -0.2) is 0 Å². The molecule has 0 radical (unpaired) electrons. The molecular weight excluding hydrogens is 474 g/mol. The van der Waals surface area contributed by atoms with Gasteiger partial charge in [0.15, 0.2) is 5.76 Å². The molecule has 6 nitrogen and oxygen atoms in total. The van der Waals surface area contributed by atoms with Crippen LogP contribution in [0.25, 0.3) is 11.0 Å². The number of nitrogens with one attached hydrogen (secondary N) is 1. The summed E-state index contributed by atoms with van der Waals surface area (Å²) in [4.78, 5) is 26.3. The van der Waals surface area contributed by atoms with Crippen molar-refractivity contribution < 1.29 is 23.5 Å². The van der Waals surface area contributed by atoms with Gasteiger partial charge in [0, 0.05) is 16.5 Å². The van der Waals surface area contributed by atoms with Crippen molar-refractivity contribution in [3.05, 3.63) is 88.1 Å². The van der Waals surface area contributed by atoms with E-state index in [-0.39, 0.29) is 17.5 Å².